The van der Waals surface area contributed by atoms with E-state index in [-0.39, 0.29) is 18.5 Å². The number of hydrogen-bond acceptors (Lipinski definition) is 5. The number of amides is 1. The third-order valence-electron chi connectivity index (χ3n) is 14.3. The highest BCUT2D eigenvalue weighted by Crippen LogP contribution is 2.18. The highest BCUT2D eigenvalue weighted by Gasteiger charge is 2.20. The summed E-state index contributed by atoms with van der Waals surface area (Å²) in [6, 6.07) is -0.543. The van der Waals surface area contributed by atoms with Crippen LogP contribution in [0.15, 0.2) is 12.2 Å². The Balaban J connectivity index is 3.40. The van der Waals surface area contributed by atoms with Crippen molar-refractivity contribution >= 4 is 11.9 Å². The van der Waals surface area contributed by atoms with Crippen molar-refractivity contribution in [3.05, 3.63) is 12.2 Å². The molecule has 0 aliphatic heterocycles. The van der Waals surface area contributed by atoms with Crippen molar-refractivity contribution in [2.45, 2.75) is 353 Å². The molecule has 3 N–H and O–H groups in total. The van der Waals surface area contributed by atoms with E-state index in [9.17, 15) is 19.8 Å². The summed E-state index contributed by atoms with van der Waals surface area (Å²) >= 11 is 0. The Morgan fingerprint density at radius 1 is 0.403 bits per heavy atom. The molecule has 0 rings (SSSR count). The van der Waals surface area contributed by atoms with Gasteiger partial charge in [0, 0.05) is 12.8 Å². The average Bonchev–Trinajstić information content (AvgIpc) is 3.33. The van der Waals surface area contributed by atoms with Gasteiger partial charge in [0.2, 0.25) is 5.91 Å². The Bertz CT molecular complexity index is 1000. The van der Waals surface area contributed by atoms with Gasteiger partial charge in [0.05, 0.1) is 25.4 Å². The van der Waals surface area contributed by atoms with Gasteiger partial charge in [0.25, 0.3) is 0 Å². The first-order valence-electron chi connectivity index (χ1n) is 30.4. The van der Waals surface area contributed by atoms with Crippen molar-refractivity contribution < 1.29 is 24.5 Å². The summed E-state index contributed by atoms with van der Waals surface area (Å²) < 4.78 is 5.47. The van der Waals surface area contributed by atoms with Gasteiger partial charge < -0.3 is 20.3 Å². The number of hydrogen-bond donors (Lipinski definition) is 3. The highest BCUT2D eigenvalue weighted by molar-refractivity contribution is 5.76. The third-order valence-corrected chi connectivity index (χ3v) is 14.3. The lowest BCUT2D eigenvalue weighted by Gasteiger charge is -2.22. The molecule has 67 heavy (non-hydrogen) atoms. The molecule has 0 heterocycles. The van der Waals surface area contributed by atoms with Crippen molar-refractivity contribution in [3.8, 4) is 0 Å². The molecule has 0 bridgehead atoms. The maximum Gasteiger partial charge on any atom is 0.305 e. The van der Waals surface area contributed by atoms with Gasteiger partial charge >= 0.3 is 5.97 Å². The first-order chi connectivity index (χ1) is 33.0. The zero-order valence-corrected chi connectivity index (χ0v) is 45.4. The molecule has 0 fully saturated rings. The van der Waals surface area contributed by atoms with E-state index in [1.807, 2.05) is 0 Å². The zero-order valence-electron chi connectivity index (χ0n) is 45.4. The lowest BCUT2D eigenvalue weighted by Crippen LogP contribution is -2.45. The molecule has 6 heteroatoms. The minimum absolute atomic E-state index is 0.00129. The van der Waals surface area contributed by atoms with Crippen molar-refractivity contribution in [1.29, 1.82) is 0 Å². The first-order valence-corrected chi connectivity index (χ1v) is 30.4. The Labute approximate surface area is 419 Å². The molecule has 0 saturated carbocycles. The minimum atomic E-state index is -0.666. The normalized spacial score (nSPS) is 12.6. The van der Waals surface area contributed by atoms with Crippen LogP contribution in [0.5, 0.6) is 0 Å². The molecule has 1 amide bonds. The minimum Gasteiger partial charge on any atom is -0.466 e. The van der Waals surface area contributed by atoms with Gasteiger partial charge in [-0.3, -0.25) is 9.59 Å². The Morgan fingerprint density at radius 2 is 0.701 bits per heavy atom. The van der Waals surface area contributed by atoms with E-state index in [0.717, 1.165) is 44.9 Å². The number of carbonyl (C=O) groups excluding carboxylic acids is 2. The quantitative estimate of drug-likeness (QED) is 0.0321. The Hall–Kier alpha value is -1.40. The van der Waals surface area contributed by atoms with E-state index in [1.165, 1.54) is 263 Å². The average molecular weight is 947 g/mol. The predicted molar refractivity (Wildman–Crippen MR) is 292 cm³/mol. The van der Waals surface area contributed by atoms with E-state index < -0.39 is 12.1 Å². The third kappa shape index (κ3) is 53.8. The molecular weight excluding hydrogens is 827 g/mol. The summed E-state index contributed by atoms with van der Waals surface area (Å²) in [4.78, 5) is 24.5. The van der Waals surface area contributed by atoms with Crippen LogP contribution >= 0.6 is 0 Å². The van der Waals surface area contributed by atoms with Gasteiger partial charge in [-0.15, -0.1) is 0 Å². The number of unbranched alkanes of at least 4 members (excludes halogenated alkanes) is 44. The fourth-order valence-corrected chi connectivity index (χ4v) is 9.64. The zero-order chi connectivity index (χ0) is 48.6. The molecule has 0 aromatic rings. The summed E-state index contributed by atoms with van der Waals surface area (Å²) in [5.41, 5.74) is 0. The van der Waals surface area contributed by atoms with Gasteiger partial charge in [-0.2, -0.15) is 0 Å². The maximum atomic E-state index is 12.5. The maximum absolute atomic E-state index is 12.5. The number of carbonyl (C=O) groups is 2. The van der Waals surface area contributed by atoms with Gasteiger partial charge in [0.15, 0.2) is 0 Å². The van der Waals surface area contributed by atoms with Crippen molar-refractivity contribution in [2.75, 3.05) is 13.2 Å². The summed E-state index contributed by atoms with van der Waals surface area (Å²) in [6.45, 7) is 4.96. The summed E-state index contributed by atoms with van der Waals surface area (Å²) in [5.74, 6) is -0.0337. The van der Waals surface area contributed by atoms with Crippen LogP contribution in [0.3, 0.4) is 0 Å². The van der Waals surface area contributed by atoms with Gasteiger partial charge in [-0.25, -0.2) is 0 Å². The molecule has 0 radical (unpaired) electrons. The summed E-state index contributed by atoms with van der Waals surface area (Å²) in [6.07, 6.45) is 67.8. The number of ether oxygens (including phenoxy) is 1. The van der Waals surface area contributed by atoms with E-state index >= 15 is 0 Å². The van der Waals surface area contributed by atoms with Crippen LogP contribution < -0.4 is 5.32 Å². The molecule has 398 valence electrons. The molecule has 0 spiro atoms. The standard InChI is InChI=1S/C61H119NO5/c1-3-5-7-9-11-13-15-17-19-23-26-29-33-37-41-45-49-53-59(64)58(57-63)62-60(65)54-50-46-42-38-34-30-27-24-21-20-22-25-28-32-36-40-44-48-52-56-67-61(66)55-51-47-43-39-35-31-18-16-14-12-10-8-6-4-2/h16,18,58-59,63-64H,3-15,17,19-57H2,1-2H3,(H,62,65)/b18-16-. The SMILES string of the molecule is CCCCCCC/C=C\CCCCCCCC(=O)OCCCCCCCCCCCCCCCCCCCCCC(=O)NC(CO)C(O)CCCCCCCCCCCCCCCCCCC. The molecule has 0 aromatic heterocycles. The fraction of sp³-hybridized carbons (Fsp3) is 0.934. The number of esters is 1. The largest absolute Gasteiger partial charge is 0.466 e. The number of aliphatic hydroxyl groups is 2. The highest BCUT2D eigenvalue weighted by atomic mass is 16.5. The van der Waals surface area contributed by atoms with Crippen LogP contribution in [0.25, 0.3) is 0 Å². The van der Waals surface area contributed by atoms with Crippen LogP contribution in [0.2, 0.25) is 0 Å². The van der Waals surface area contributed by atoms with E-state index in [0.29, 0.717) is 25.9 Å². The summed E-state index contributed by atoms with van der Waals surface area (Å²) in [5, 5.41) is 23.3. The van der Waals surface area contributed by atoms with Crippen molar-refractivity contribution in [1.82, 2.24) is 5.32 Å². The lowest BCUT2D eigenvalue weighted by molar-refractivity contribution is -0.143. The number of allylic oxidation sites excluding steroid dienone is 2. The monoisotopic (exact) mass is 946 g/mol. The van der Waals surface area contributed by atoms with Crippen LogP contribution in [-0.4, -0.2) is 47.4 Å². The van der Waals surface area contributed by atoms with Crippen LogP contribution in [0, 0.1) is 0 Å². The van der Waals surface area contributed by atoms with Crippen LogP contribution in [0.4, 0.5) is 0 Å². The first kappa shape index (κ1) is 65.6. The number of aliphatic hydroxyl groups excluding tert-OH is 2. The molecule has 0 saturated heterocycles. The summed E-state index contributed by atoms with van der Waals surface area (Å²) in [7, 11) is 0. The van der Waals surface area contributed by atoms with Crippen LogP contribution in [0.1, 0.15) is 341 Å². The topological polar surface area (TPSA) is 95.9 Å². The molecule has 2 unspecified atom stereocenters. The molecular formula is C61H119NO5. The van der Waals surface area contributed by atoms with E-state index in [1.54, 1.807) is 0 Å². The van der Waals surface area contributed by atoms with Crippen LogP contribution in [-0.2, 0) is 14.3 Å². The van der Waals surface area contributed by atoms with Gasteiger partial charge in [-0.05, 0) is 51.4 Å². The second-order valence-electron chi connectivity index (χ2n) is 21.0. The smallest absolute Gasteiger partial charge is 0.305 e. The molecule has 0 aliphatic rings. The molecule has 0 aliphatic carbocycles. The number of rotatable bonds is 57. The van der Waals surface area contributed by atoms with Crippen molar-refractivity contribution in [2.24, 2.45) is 0 Å². The molecule has 6 nitrogen and oxygen atoms in total. The number of nitrogens with one attached hydrogen (secondary N) is 1. The Kier molecular flexibility index (Phi) is 56.0. The van der Waals surface area contributed by atoms with E-state index in [2.05, 4.69) is 31.3 Å². The van der Waals surface area contributed by atoms with Gasteiger partial charge in [-0.1, -0.05) is 289 Å². The fourth-order valence-electron chi connectivity index (χ4n) is 9.64. The van der Waals surface area contributed by atoms with Gasteiger partial charge in [0.1, 0.15) is 0 Å². The lowest BCUT2D eigenvalue weighted by atomic mass is 10.0. The molecule has 0 aromatic carbocycles. The predicted octanol–water partition coefficient (Wildman–Crippen LogP) is 18.9. The Morgan fingerprint density at radius 3 is 1.06 bits per heavy atom. The second-order valence-corrected chi connectivity index (χ2v) is 21.0. The second kappa shape index (κ2) is 57.2. The molecule has 2 atom stereocenters. The van der Waals surface area contributed by atoms with Crippen molar-refractivity contribution in [3.63, 3.8) is 0 Å². The van der Waals surface area contributed by atoms with E-state index in [4.69, 9.17) is 4.74 Å².